The molecule has 37 heavy (non-hydrogen) atoms. The number of nitrogens with one attached hydrogen (secondary N) is 2. The van der Waals surface area contributed by atoms with Crippen LogP contribution in [0.2, 0.25) is 5.02 Å². The number of rotatable bonds is 5. The molecule has 6 rings (SSSR count). The summed E-state index contributed by atoms with van der Waals surface area (Å²) in [7, 11) is 0. The minimum Gasteiger partial charge on any atom is -0.367 e. The second-order valence-corrected chi connectivity index (χ2v) is 10.4. The zero-order valence-corrected chi connectivity index (χ0v) is 22.2. The molecule has 1 saturated heterocycles. The Labute approximate surface area is 227 Å². The number of anilines is 1. The minimum absolute atomic E-state index is 0.0343. The molecule has 0 unspecified atom stereocenters. The molecule has 0 saturated carbocycles. The topological polar surface area (TPSA) is 78.3 Å². The van der Waals surface area contributed by atoms with Crippen LogP contribution in [0.4, 0.5) is 5.82 Å². The lowest BCUT2D eigenvalue weighted by molar-refractivity contribution is -0.126. The predicted octanol–water partition coefficient (Wildman–Crippen LogP) is 6.41. The van der Waals surface area contributed by atoms with Crippen LogP contribution in [0.15, 0.2) is 77.5 Å². The van der Waals surface area contributed by atoms with Gasteiger partial charge in [0, 0.05) is 59.0 Å². The number of para-hydroxylation sites is 1. The summed E-state index contributed by atoms with van der Waals surface area (Å²) in [5.74, 6) is 0.877. The Bertz CT molecular complexity index is 1630. The molecular formula is C28H24BrClN6O. The highest BCUT2D eigenvalue weighted by Crippen LogP contribution is 2.31. The van der Waals surface area contributed by atoms with Gasteiger partial charge in [-0.15, -0.1) is 0 Å². The fourth-order valence-electron chi connectivity index (χ4n) is 4.80. The number of amides is 1. The summed E-state index contributed by atoms with van der Waals surface area (Å²) in [5, 5.41) is 9.88. The van der Waals surface area contributed by atoms with Crippen molar-refractivity contribution in [2.45, 2.75) is 18.9 Å². The van der Waals surface area contributed by atoms with Crippen molar-refractivity contribution in [1.29, 1.82) is 0 Å². The third-order valence-electron chi connectivity index (χ3n) is 6.76. The standard InChI is InChI=1S/C28H24BrClN6O/c29-22-17-32-36-26(15-25(34-28(22)36)21-6-1-3-7-23(21)30)33-19-11-13-35(14-12-19)27(37)10-9-18-16-31-24-8-4-2-5-20(18)24/h1-10,15-17,19,31,33H,11-14H2. The van der Waals surface area contributed by atoms with Crippen LogP contribution in [0, 0.1) is 0 Å². The second-order valence-electron chi connectivity index (χ2n) is 9.10. The molecule has 3 aromatic heterocycles. The van der Waals surface area contributed by atoms with Crippen molar-refractivity contribution in [3.8, 4) is 11.3 Å². The Hall–Kier alpha value is -3.62. The lowest BCUT2D eigenvalue weighted by atomic mass is 10.0. The fraction of sp³-hybridized carbons (Fsp3) is 0.179. The summed E-state index contributed by atoms with van der Waals surface area (Å²) in [6, 6.07) is 17.9. The highest BCUT2D eigenvalue weighted by atomic mass is 79.9. The van der Waals surface area contributed by atoms with Gasteiger partial charge in [0.1, 0.15) is 5.82 Å². The van der Waals surface area contributed by atoms with Gasteiger partial charge in [-0.05, 0) is 52.5 Å². The number of halogens is 2. The van der Waals surface area contributed by atoms with Gasteiger partial charge >= 0.3 is 0 Å². The molecule has 0 bridgehead atoms. The van der Waals surface area contributed by atoms with E-state index in [0.29, 0.717) is 18.1 Å². The Balaban J connectivity index is 1.16. The SMILES string of the molecule is O=C(C=Cc1c[nH]c2ccccc12)N1CCC(Nc2cc(-c3ccccc3Cl)nc3c(Br)cnn23)CC1. The van der Waals surface area contributed by atoms with Gasteiger partial charge in [0.2, 0.25) is 5.91 Å². The highest BCUT2D eigenvalue weighted by Gasteiger charge is 2.23. The molecule has 1 aliphatic rings. The molecule has 5 aromatic rings. The summed E-state index contributed by atoms with van der Waals surface area (Å²) in [5.41, 5.74) is 4.44. The van der Waals surface area contributed by atoms with Crippen molar-refractivity contribution in [3.05, 3.63) is 88.1 Å². The van der Waals surface area contributed by atoms with Gasteiger partial charge in [-0.1, -0.05) is 48.0 Å². The van der Waals surface area contributed by atoms with E-state index in [-0.39, 0.29) is 11.9 Å². The van der Waals surface area contributed by atoms with E-state index in [4.69, 9.17) is 16.6 Å². The summed E-state index contributed by atoms with van der Waals surface area (Å²) in [6.45, 7) is 1.37. The number of nitrogens with zero attached hydrogens (tertiary/aromatic N) is 4. The van der Waals surface area contributed by atoms with Gasteiger partial charge in [-0.2, -0.15) is 9.61 Å². The fourth-order valence-corrected chi connectivity index (χ4v) is 5.38. The van der Waals surface area contributed by atoms with E-state index in [1.165, 1.54) is 0 Å². The molecule has 1 amide bonds. The summed E-state index contributed by atoms with van der Waals surface area (Å²) in [6.07, 6.45) is 8.91. The maximum Gasteiger partial charge on any atom is 0.246 e. The lowest BCUT2D eigenvalue weighted by Gasteiger charge is -2.32. The van der Waals surface area contributed by atoms with Crippen LogP contribution in [0.5, 0.6) is 0 Å². The van der Waals surface area contributed by atoms with Gasteiger partial charge in [-0.3, -0.25) is 4.79 Å². The van der Waals surface area contributed by atoms with Crippen LogP contribution >= 0.6 is 27.5 Å². The molecule has 7 nitrogen and oxygen atoms in total. The molecule has 1 fully saturated rings. The summed E-state index contributed by atoms with van der Waals surface area (Å²) >= 11 is 10.0. The van der Waals surface area contributed by atoms with Crippen molar-refractivity contribution in [3.63, 3.8) is 0 Å². The summed E-state index contributed by atoms with van der Waals surface area (Å²) in [4.78, 5) is 22.8. The Morgan fingerprint density at radius 2 is 1.92 bits per heavy atom. The molecule has 0 atom stereocenters. The van der Waals surface area contributed by atoms with E-state index in [0.717, 1.165) is 56.5 Å². The lowest BCUT2D eigenvalue weighted by Crippen LogP contribution is -2.42. The van der Waals surface area contributed by atoms with Crippen LogP contribution in [-0.2, 0) is 4.79 Å². The van der Waals surface area contributed by atoms with Crippen LogP contribution < -0.4 is 5.32 Å². The van der Waals surface area contributed by atoms with Crippen molar-refractivity contribution in [2.24, 2.45) is 0 Å². The number of aromatic nitrogens is 4. The molecule has 0 radical (unpaired) electrons. The molecule has 0 spiro atoms. The average Bonchev–Trinajstić information content (AvgIpc) is 3.51. The molecule has 0 aliphatic carbocycles. The van der Waals surface area contributed by atoms with Crippen LogP contribution in [0.25, 0.3) is 33.9 Å². The van der Waals surface area contributed by atoms with Gasteiger partial charge in [0.15, 0.2) is 5.65 Å². The molecule has 4 heterocycles. The predicted molar refractivity (Wildman–Crippen MR) is 152 cm³/mol. The first-order valence-electron chi connectivity index (χ1n) is 12.2. The van der Waals surface area contributed by atoms with E-state index in [1.54, 1.807) is 16.8 Å². The number of aromatic amines is 1. The van der Waals surface area contributed by atoms with E-state index in [1.807, 2.05) is 65.7 Å². The first-order valence-corrected chi connectivity index (χ1v) is 13.3. The largest absolute Gasteiger partial charge is 0.367 e. The Morgan fingerprint density at radius 3 is 2.76 bits per heavy atom. The average molecular weight is 576 g/mol. The number of hydrogen-bond acceptors (Lipinski definition) is 4. The maximum atomic E-state index is 12.9. The number of hydrogen-bond donors (Lipinski definition) is 2. The Morgan fingerprint density at radius 1 is 1.14 bits per heavy atom. The molecular weight excluding hydrogens is 552 g/mol. The van der Waals surface area contributed by atoms with Crippen molar-refractivity contribution >= 4 is 61.9 Å². The number of fused-ring (bicyclic) bond motifs is 2. The molecule has 2 N–H and O–H groups in total. The zero-order valence-electron chi connectivity index (χ0n) is 19.9. The first kappa shape index (κ1) is 23.8. The van der Waals surface area contributed by atoms with Crippen molar-refractivity contribution in [1.82, 2.24) is 24.5 Å². The van der Waals surface area contributed by atoms with E-state index in [9.17, 15) is 4.79 Å². The van der Waals surface area contributed by atoms with Crippen molar-refractivity contribution in [2.75, 3.05) is 18.4 Å². The molecule has 186 valence electrons. The second kappa shape index (κ2) is 10.0. The third kappa shape index (κ3) is 4.74. The number of carbonyl (C=O) groups excluding carboxylic acids is 1. The number of H-pyrrole nitrogens is 1. The normalized spacial score (nSPS) is 14.7. The number of benzene rings is 2. The number of carbonyl (C=O) groups is 1. The van der Waals surface area contributed by atoms with Crippen LogP contribution in [0.1, 0.15) is 18.4 Å². The first-order chi connectivity index (χ1) is 18.1. The monoisotopic (exact) mass is 574 g/mol. The van der Waals surface area contributed by atoms with Gasteiger partial charge in [-0.25, -0.2) is 4.98 Å². The van der Waals surface area contributed by atoms with E-state index >= 15 is 0 Å². The molecule has 1 aliphatic heterocycles. The summed E-state index contributed by atoms with van der Waals surface area (Å²) < 4.78 is 2.61. The van der Waals surface area contributed by atoms with Gasteiger partial charge in [0.25, 0.3) is 0 Å². The third-order valence-corrected chi connectivity index (χ3v) is 7.65. The van der Waals surface area contributed by atoms with Gasteiger partial charge in [0.05, 0.1) is 16.4 Å². The van der Waals surface area contributed by atoms with E-state index in [2.05, 4.69) is 37.4 Å². The zero-order chi connectivity index (χ0) is 25.4. The maximum absolute atomic E-state index is 12.9. The number of likely N-dealkylation sites (tertiary alicyclic amines) is 1. The quantitative estimate of drug-likeness (QED) is 0.237. The van der Waals surface area contributed by atoms with Crippen LogP contribution in [0.3, 0.4) is 0 Å². The molecule has 2 aromatic carbocycles. The Kier molecular flexibility index (Phi) is 6.44. The smallest absolute Gasteiger partial charge is 0.246 e. The van der Waals surface area contributed by atoms with Crippen LogP contribution in [-0.4, -0.2) is 49.5 Å². The minimum atomic E-state index is 0.0343. The molecule has 9 heteroatoms. The van der Waals surface area contributed by atoms with Gasteiger partial charge < -0.3 is 15.2 Å². The van der Waals surface area contributed by atoms with E-state index < -0.39 is 0 Å². The number of piperidine rings is 1. The van der Waals surface area contributed by atoms with Crippen molar-refractivity contribution < 1.29 is 4.79 Å². The highest BCUT2D eigenvalue weighted by molar-refractivity contribution is 9.10.